The van der Waals surface area contributed by atoms with Crippen LogP contribution in [0.2, 0.25) is 0 Å². The predicted octanol–water partition coefficient (Wildman–Crippen LogP) is 6.45. The summed E-state index contributed by atoms with van der Waals surface area (Å²) in [5, 5.41) is 15.0. The Morgan fingerprint density at radius 2 is 1.06 bits per heavy atom. The topological polar surface area (TPSA) is 78.4 Å². The van der Waals surface area contributed by atoms with Gasteiger partial charge in [-0.1, -0.05) is 117 Å². The lowest BCUT2D eigenvalue weighted by Gasteiger charge is -2.21. The molecule has 0 saturated carbocycles. The fourth-order valence-corrected chi connectivity index (χ4v) is 3.88. The molecule has 0 spiro atoms. The summed E-state index contributed by atoms with van der Waals surface area (Å²) in [6.07, 6.45) is 21.6. The van der Waals surface area contributed by atoms with Crippen molar-refractivity contribution in [1.82, 2.24) is 10.6 Å². The first-order valence-corrected chi connectivity index (χ1v) is 13.2. The molecule has 0 radical (unpaired) electrons. The zero-order valence-electron chi connectivity index (χ0n) is 21.0. The van der Waals surface area contributed by atoms with Gasteiger partial charge in [-0.3, -0.25) is 4.79 Å². The van der Waals surface area contributed by atoms with Gasteiger partial charge in [0, 0.05) is 0 Å². The third kappa shape index (κ3) is 18.2. The van der Waals surface area contributed by atoms with Crippen LogP contribution in [0.4, 0.5) is 0 Å². The molecule has 184 valence electrons. The average Bonchev–Trinajstić information content (AvgIpc) is 2.73. The van der Waals surface area contributed by atoms with Gasteiger partial charge in [-0.15, -0.1) is 0 Å². The van der Waals surface area contributed by atoms with Gasteiger partial charge in [0.15, 0.2) is 0 Å². The number of rotatable bonds is 22. The first-order valence-electron chi connectivity index (χ1n) is 13.2. The molecule has 5 nitrogen and oxygen atoms in total. The van der Waals surface area contributed by atoms with Crippen LogP contribution >= 0.6 is 0 Å². The molecule has 0 bridgehead atoms. The maximum Gasteiger partial charge on any atom is 0.326 e. The normalized spacial score (nSPS) is 13.3. The molecule has 0 aromatic heterocycles. The monoisotopic (exact) mass is 440 g/mol. The number of carboxylic acid groups (broad SMARTS) is 1. The summed E-state index contributed by atoms with van der Waals surface area (Å²) in [5.74, 6) is -1.35. The van der Waals surface area contributed by atoms with Gasteiger partial charge in [0.25, 0.3) is 0 Å². The molecule has 0 aromatic carbocycles. The van der Waals surface area contributed by atoms with E-state index in [4.69, 9.17) is 0 Å². The molecule has 0 rings (SSSR count). The number of unbranched alkanes of at least 4 members (excludes halogenated alkanes) is 15. The molecular weight excluding hydrogens is 388 g/mol. The number of carbonyl (C=O) groups excluding carboxylic acids is 1. The van der Waals surface area contributed by atoms with Crippen LogP contribution in [-0.4, -0.2) is 35.6 Å². The molecule has 0 aromatic rings. The Kier molecular flexibility index (Phi) is 20.0. The van der Waals surface area contributed by atoms with Gasteiger partial charge < -0.3 is 15.7 Å². The average molecular weight is 441 g/mol. The van der Waals surface area contributed by atoms with Crippen LogP contribution < -0.4 is 10.6 Å². The van der Waals surface area contributed by atoms with E-state index in [1.54, 1.807) is 20.8 Å². The number of carbonyl (C=O) groups is 2. The molecule has 2 atom stereocenters. The maximum absolute atomic E-state index is 12.1. The van der Waals surface area contributed by atoms with Crippen molar-refractivity contribution in [2.75, 3.05) is 6.54 Å². The summed E-state index contributed by atoms with van der Waals surface area (Å²) < 4.78 is 0. The van der Waals surface area contributed by atoms with Crippen molar-refractivity contribution in [3.63, 3.8) is 0 Å². The van der Waals surface area contributed by atoms with E-state index in [1.165, 1.54) is 96.3 Å². The molecule has 0 saturated heterocycles. The van der Waals surface area contributed by atoms with Crippen molar-refractivity contribution in [3.8, 4) is 0 Å². The second kappa shape index (κ2) is 20.8. The van der Waals surface area contributed by atoms with Crippen molar-refractivity contribution in [2.45, 2.75) is 143 Å². The van der Waals surface area contributed by atoms with Crippen LogP contribution in [0.1, 0.15) is 130 Å². The highest BCUT2D eigenvalue weighted by Gasteiger charge is 2.25. The van der Waals surface area contributed by atoms with Gasteiger partial charge >= 0.3 is 5.97 Å². The molecule has 1 amide bonds. The highest BCUT2D eigenvalue weighted by Crippen LogP contribution is 2.13. The van der Waals surface area contributed by atoms with Gasteiger partial charge in [0.1, 0.15) is 6.04 Å². The van der Waals surface area contributed by atoms with E-state index in [9.17, 15) is 14.7 Å². The van der Waals surface area contributed by atoms with Gasteiger partial charge in [0.2, 0.25) is 5.91 Å². The standard InChI is InChI=1S/C26H52N2O3/c1-5-6-7-8-9-10-11-12-13-14-15-16-17-18-19-20-21-27-23(4)25(29)28-24(22(2)3)26(30)31/h22-24,27H,5-21H2,1-4H3,(H,28,29)(H,30,31)/t23-,24-/m0/s1. The van der Waals surface area contributed by atoms with E-state index in [1.807, 2.05) is 0 Å². The zero-order valence-corrected chi connectivity index (χ0v) is 21.0. The Morgan fingerprint density at radius 1 is 0.677 bits per heavy atom. The summed E-state index contributed by atoms with van der Waals surface area (Å²) >= 11 is 0. The highest BCUT2D eigenvalue weighted by atomic mass is 16.4. The molecule has 0 unspecified atom stereocenters. The number of nitrogens with one attached hydrogen (secondary N) is 2. The molecule has 5 heteroatoms. The Hall–Kier alpha value is -1.10. The maximum atomic E-state index is 12.1. The number of hydrogen-bond acceptors (Lipinski definition) is 3. The van der Waals surface area contributed by atoms with Crippen molar-refractivity contribution in [2.24, 2.45) is 5.92 Å². The lowest BCUT2D eigenvalue weighted by molar-refractivity contribution is -0.143. The van der Waals surface area contributed by atoms with E-state index >= 15 is 0 Å². The molecule has 31 heavy (non-hydrogen) atoms. The van der Waals surface area contributed by atoms with Crippen molar-refractivity contribution < 1.29 is 14.7 Å². The Labute approximate surface area is 192 Å². The Morgan fingerprint density at radius 3 is 1.42 bits per heavy atom. The van der Waals surface area contributed by atoms with Crippen LogP contribution in [0.5, 0.6) is 0 Å². The quantitative estimate of drug-likeness (QED) is 0.169. The largest absolute Gasteiger partial charge is 0.480 e. The highest BCUT2D eigenvalue weighted by molar-refractivity contribution is 5.86. The van der Waals surface area contributed by atoms with Gasteiger partial charge in [-0.25, -0.2) is 4.79 Å². The van der Waals surface area contributed by atoms with Crippen LogP contribution in [0, 0.1) is 5.92 Å². The molecule has 3 N–H and O–H groups in total. The summed E-state index contributed by atoms with van der Waals surface area (Å²) in [6.45, 7) is 8.46. The zero-order chi connectivity index (χ0) is 23.3. The SMILES string of the molecule is CCCCCCCCCCCCCCCCCCN[C@@H](C)C(=O)N[C@H](C(=O)O)C(C)C. The minimum Gasteiger partial charge on any atom is -0.480 e. The Balaban J connectivity index is 3.44. The molecular formula is C26H52N2O3. The van der Waals surface area contributed by atoms with Crippen LogP contribution in [0.3, 0.4) is 0 Å². The smallest absolute Gasteiger partial charge is 0.326 e. The van der Waals surface area contributed by atoms with Crippen molar-refractivity contribution in [1.29, 1.82) is 0 Å². The van der Waals surface area contributed by atoms with E-state index in [-0.39, 0.29) is 17.9 Å². The molecule has 0 heterocycles. The van der Waals surface area contributed by atoms with Crippen molar-refractivity contribution >= 4 is 11.9 Å². The van der Waals surface area contributed by atoms with Gasteiger partial charge in [-0.05, 0) is 25.8 Å². The number of hydrogen-bond donors (Lipinski definition) is 3. The molecule has 0 aliphatic carbocycles. The van der Waals surface area contributed by atoms with E-state index in [2.05, 4.69) is 17.6 Å². The first-order chi connectivity index (χ1) is 14.9. The van der Waals surface area contributed by atoms with Crippen molar-refractivity contribution in [3.05, 3.63) is 0 Å². The fraction of sp³-hybridized carbons (Fsp3) is 0.923. The Bertz CT molecular complexity index is 440. The van der Waals surface area contributed by atoms with Crippen LogP contribution in [-0.2, 0) is 9.59 Å². The van der Waals surface area contributed by atoms with Crippen LogP contribution in [0.25, 0.3) is 0 Å². The lowest BCUT2D eigenvalue weighted by atomic mass is 10.0. The second-order valence-corrected chi connectivity index (χ2v) is 9.55. The summed E-state index contributed by atoms with van der Waals surface area (Å²) in [5.41, 5.74) is 0. The molecule has 0 fully saturated rings. The van der Waals surface area contributed by atoms with E-state index < -0.39 is 12.0 Å². The van der Waals surface area contributed by atoms with E-state index in [0.29, 0.717) is 0 Å². The van der Waals surface area contributed by atoms with Gasteiger partial charge in [-0.2, -0.15) is 0 Å². The van der Waals surface area contributed by atoms with E-state index in [0.717, 1.165) is 13.0 Å². The third-order valence-corrected chi connectivity index (χ3v) is 6.10. The minimum absolute atomic E-state index is 0.131. The second-order valence-electron chi connectivity index (χ2n) is 9.55. The third-order valence-electron chi connectivity index (χ3n) is 6.10. The summed E-state index contributed by atoms with van der Waals surface area (Å²) in [4.78, 5) is 23.3. The fourth-order valence-electron chi connectivity index (χ4n) is 3.88. The molecule has 0 aliphatic heterocycles. The number of amides is 1. The van der Waals surface area contributed by atoms with Gasteiger partial charge in [0.05, 0.1) is 6.04 Å². The first kappa shape index (κ1) is 29.9. The lowest BCUT2D eigenvalue weighted by Crippen LogP contribution is -2.51. The number of aliphatic carboxylic acids is 1. The molecule has 0 aliphatic rings. The minimum atomic E-state index is -0.978. The van der Waals surface area contributed by atoms with Crippen LogP contribution in [0.15, 0.2) is 0 Å². The predicted molar refractivity (Wildman–Crippen MR) is 131 cm³/mol. The number of carboxylic acids is 1. The summed E-state index contributed by atoms with van der Waals surface area (Å²) in [6, 6.07) is -1.19. The summed E-state index contributed by atoms with van der Waals surface area (Å²) in [7, 11) is 0.